The van der Waals surface area contributed by atoms with Crippen molar-refractivity contribution in [3.63, 3.8) is 0 Å². The number of nitrogens with one attached hydrogen (secondary N) is 1. The van der Waals surface area contributed by atoms with Crippen LogP contribution in [-0.4, -0.2) is 88.9 Å². The number of likely N-dealkylation sites (tertiary alicyclic amines) is 2. The molecule has 1 unspecified atom stereocenters. The quantitative estimate of drug-likeness (QED) is 0.399. The summed E-state index contributed by atoms with van der Waals surface area (Å²) in [6, 6.07) is 2.68. The van der Waals surface area contributed by atoms with Crippen LogP contribution in [0.3, 0.4) is 0 Å². The van der Waals surface area contributed by atoms with E-state index in [0.29, 0.717) is 38.2 Å². The molecule has 1 aromatic carbocycles. The topological polar surface area (TPSA) is 69.7 Å². The van der Waals surface area contributed by atoms with Crippen molar-refractivity contribution >= 4 is 17.7 Å². The molecule has 3 fully saturated rings. The average Bonchev–Trinajstić information content (AvgIpc) is 3.52. The summed E-state index contributed by atoms with van der Waals surface area (Å²) in [4.78, 5) is 47.1. The van der Waals surface area contributed by atoms with E-state index < -0.39 is 34.9 Å². The van der Waals surface area contributed by atoms with Gasteiger partial charge in [-0.25, -0.2) is 13.6 Å². The van der Waals surface area contributed by atoms with E-state index in [2.05, 4.69) is 44.8 Å². The highest BCUT2D eigenvalue weighted by Crippen LogP contribution is 2.44. The Bertz CT molecular complexity index is 1280. The molecule has 5 atom stereocenters. The number of carbonyl (C=O) groups is 3. The molecule has 7 nitrogen and oxygen atoms in total. The van der Waals surface area contributed by atoms with Gasteiger partial charge in [0.05, 0.1) is 19.0 Å². The third-order valence-corrected chi connectivity index (χ3v) is 10.8. The highest BCUT2D eigenvalue weighted by atomic mass is 19.1. The molecule has 252 valence electrons. The van der Waals surface area contributed by atoms with Crippen LogP contribution in [0.5, 0.6) is 0 Å². The fourth-order valence-electron chi connectivity index (χ4n) is 8.01. The Kier molecular flexibility index (Phi) is 9.98. The van der Waals surface area contributed by atoms with E-state index in [1.54, 1.807) is 0 Å². The molecule has 1 aliphatic carbocycles. The van der Waals surface area contributed by atoms with E-state index >= 15 is 4.39 Å². The number of likely N-dealkylation sites (N-methyl/N-ethyl adjacent to an activating group) is 2. The van der Waals surface area contributed by atoms with Gasteiger partial charge in [-0.15, -0.1) is 0 Å². The predicted molar refractivity (Wildman–Crippen MR) is 173 cm³/mol. The zero-order valence-corrected chi connectivity index (χ0v) is 29.3. The Morgan fingerprint density at radius 1 is 1.02 bits per heavy atom. The van der Waals surface area contributed by atoms with E-state index in [0.717, 1.165) is 31.7 Å². The summed E-state index contributed by atoms with van der Waals surface area (Å²) < 4.78 is 29.1. The van der Waals surface area contributed by atoms with Gasteiger partial charge in [0.25, 0.3) is 5.91 Å². The first-order chi connectivity index (χ1) is 20.7. The number of rotatable bonds is 6. The van der Waals surface area contributed by atoms with Gasteiger partial charge in [-0.3, -0.25) is 19.0 Å². The maximum Gasteiger partial charge on any atom is 0.319 e. The lowest BCUT2D eigenvalue weighted by Crippen LogP contribution is -2.61. The molecule has 9 heteroatoms. The van der Waals surface area contributed by atoms with Crippen LogP contribution >= 0.6 is 0 Å². The molecule has 3 amide bonds. The summed E-state index contributed by atoms with van der Waals surface area (Å²) in [5, 5.41) is 2.97. The lowest BCUT2D eigenvalue weighted by Gasteiger charge is -2.44. The normalized spacial score (nSPS) is 29.5. The van der Waals surface area contributed by atoms with Gasteiger partial charge in [-0.2, -0.15) is 0 Å². The summed E-state index contributed by atoms with van der Waals surface area (Å²) in [6.07, 6.45) is 4.20. The van der Waals surface area contributed by atoms with Gasteiger partial charge >= 0.3 is 5.91 Å². The largest absolute Gasteiger partial charge is 0.351 e. The number of amides is 3. The summed E-state index contributed by atoms with van der Waals surface area (Å²) in [7, 11) is 1.84. The Morgan fingerprint density at radius 2 is 1.64 bits per heavy atom. The van der Waals surface area contributed by atoms with Gasteiger partial charge in [0.15, 0.2) is 6.04 Å². The fourth-order valence-corrected chi connectivity index (χ4v) is 8.01. The van der Waals surface area contributed by atoms with E-state index in [9.17, 15) is 18.8 Å². The third-order valence-electron chi connectivity index (χ3n) is 10.8. The minimum absolute atomic E-state index is 0.0511. The fraction of sp³-hybridized carbons (Fsp3) is 0.750. The first-order valence-electron chi connectivity index (χ1n) is 16.9. The number of hydrogen-bond acceptors (Lipinski definition) is 4. The Hall–Kier alpha value is -2.39. The third kappa shape index (κ3) is 7.29. The van der Waals surface area contributed by atoms with Crippen molar-refractivity contribution in [2.45, 2.75) is 124 Å². The van der Waals surface area contributed by atoms with Crippen molar-refractivity contribution in [3.05, 3.63) is 35.4 Å². The van der Waals surface area contributed by atoms with E-state index in [-0.39, 0.29) is 45.2 Å². The van der Waals surface area contributed by atoms with Crippen molar-refractivity contribution in [3.8, 4) is 0 Å². The maximum atomic E-state index is 15.3. The minimum atomic E-state index is -0.680. The molecule has 2 aliphatic heterocycles. The zero-order valence-electron chi connectivity index (χ0n) is 29.3. The minimum Gasteiger partial charge on any atom is -0.351 e. The molecule has 1 saturated carbocycles. The number of carbonyl (C=O) groups excluding carboxylic acids is 3. The molecule has 3 aliphatic rings. The second-order valence-corrected chi connectivity index (χ2v) is 16.9. The highest BCUT2D eigenvalue weighted by Gasteiger charge is 2.59. The van der Waals surface area contributed by atoms with Crippen LogP contribution in [0.2, 0.25) is 0 Å². The summed E-state index contributed by atoms with van der Waals surface area (Å²) in [5.74, 6) is -2.67. The van der Waals surface area contributed by atoms with Gasteiger partial charge in [-0.05, 0) is 70.4 Å². The molecular formula is C36H57F2N4O3+. The summed E-state index contributed by atoms with van der Waals surface area (Å²) in [6.45, 7) is 20.0. The monoisotopic (exact) mass is 631 g/mol. The van der Waals surface area contributed by atoms with Crippen molar-refractivity contribution in [1.82, 2.24) is 15.1 Å². The van der Waals surface area contributed by atoms with E-state index in [1.165, 1.54) is 12.1 Å². The van der Waals surface area contributed by atoms with Gasteiger partial charge in [0.2, 0.25) is 5.91 Å². The lowest BCUT2D eigenvalue weighted by molar-refractivity contribution is -0.840. The number of halogens is 2. The SMILES string of the molecule is CCNC(=O)[C@@H]1C[C@H](N(C(=O)C(C)(C)C)C2CCC(C)(C)CC2)C[N+]1(C)C(=O)[C@@H]1CN(C(C)(C)C)C[C@H]1c1ccc(F)cc1F. The Balaban J connectivity index is 1.75. The second kappa shape index (κ2) is 12.7. The van der Waals surface area contributed by atoms with Crippen molar-refractivity contribution in [2.24, 2.45) is 16.7 Å². The van der Waals surface area contributed by atoms with Crippen LogP contribution in [0.4, 0.5) is 8.78 Å². The van der Waals surface area contributed by atoms with Gasteiger partial charge in [-0.1, -0.05) is 40.7 Å². The summed E-state index contributed by atoms with van der Waals surface area (Å²) >= 11 is 0. The number of hydrogen-bond donors (Lipinski definition) is 1. The van der Waals surface area contributed by atoms with Crippen LogP contribution < -0.4 is 5.32 Å². The van der Waals surface area contributed by atoms with Crippen molar-refractivity contribution in [1.29, 1.82) is 0 Å². The number of benzene rings is 1. The number of quaternary nitrogens is 1. The molecule has 2 saturated heterocycles. The van der Waals surface area contributed by atoms with E-state index in [1.807, 2.05) is 39.6 Å². The van der Waals surface area contributed by atoms with Crippen LogP contribution in [0.25, 0.3) is 0 Å². The standard InChI is InChI=1S/C36H56F2N4O3/c1-11-39-31(43)30-19-25(41(33(45)34(2,3)4)24-14-16-36(8,9)17-15-24)22-42(30,10)32(44)28-21-40(35(5,6)7)20-27(28)26-13-12-23(37)18-29(26)38/h12-13,18,24-25,27-28,30H,11,14-17,19-22H2,1-10H3/p+1/t25-,27-,28+,30-,42?/m0/s1. The summed E-state index contributed by atoms with van der Waals surface area (Å²) in [5.41, 5.74) is -0.348. The molecular weight excluding hydrogens is 574 g/mol. The molecule has 0 spiro atoms. The smallest absolute Gasteiger partial charge is 0.319 e. The van der Waals surface area contributed by atoms with Crippen LogP contribution in [-0.2, 0) is 14.4 Å². The Labute approximate surface area is 269 Å². The first kappa shape index (κ1) is 35.5. The predicted octanol–water partition coefficient (Wildman–Crippen LogP) is 5.87. The highest BCUT2D eigenvalue weighted by molar-refractivity contribution is 5.86. The van der Waals surface area contributed by atoms with Crippen molar-refractivity contribution in [2.75, 3.05) is 33.2 Å². The molecule has 0 aromatic heterocycles. The lowest BCUT2D eigenvalue weighted by atomic mass is 9.74. The Morgan fingerprint density at radius 3 is 2.18 bits per heavy atom. The van der Waals surface area contributed by atoms with Gasteiger partial charge in [0.1, 0.15) is 18.2 Å². The molecule has 0 radical (unpaired) electrons. The first-order valence-corrected chi connectivity index (χ1v) is 16.9. The van der Waals surface area contributed by atoms with Crippen LogP contribution in [0.1, 0.15) is 106 Å². The molecule has 2 heterocycles. The molecule has 45 heavy (non-hydrogen) atoms. The second-order valence-electron chi connectivity index (χ2n) is 16.9. The van der Waals surface area contributed by atoms with Crippen molar-refractivity contribution < 1.29 is 27.6 Å². The molecule has 4 rings (SSSR count). The zero-order chi connectivity index (χ0) is 33.7. The number of nitrogens with zero attached hydrogens (tertiary/aromatic N) is 3. The van der Waals surface area contributed by atoms with Crippen LogP contribution in [0, 0.1) is 28.4 Å². The van der Waals surface area contributed by atoms with Crippen LogP contribution in [0.15, 0.2) is 18.2 Å². The van der Waals surface area contributed by atoms with Gasteiger partial charge in [0, 0.05) is 55.0 Å². The maximum absolute atomic E-state index is 15.3. The molecule has 1 aromatic rings. The molecule has 1 N–H and O–H groups in total. The van der Waals surface area contributed by atoms with Gasteiger partial charge < -0.3 is 10.2 Å². The average molecular weight is 632 g/mol. The molecule has 0 bridgehead atoms. The van der Waals surface area contributed by atoms with E-state index in [4.69, 9.17) is 0 Å².